The van der Waals surface area contributed by atoms with Gasteiger partial charge in [-0.05, 0) is 45.4 Å². The molecular formula is C15H19NO2S. The lowest BCUT2D eigenvalue weighted by Gasteiger charge is -2.14. The summed E-state index contributed by atoms with van der Waals surface area (Å²) in [4.78, 5) is 5.35. The van der Waals surface area contributed by atoms with Gasteiger partial charge in [-0.1, -0.05) is 12.1 Å². The van der Waals surface area contributed by atoms with Crippen LogP contribution in [0.2, 0.25) is 0 Å². The Hall–Kier alpha value is -1.39. The van der Waals surface area contributed by atoms with E-state index in [4.69, 9.17) is 4.74 Å². The van der Waals surface area contributed by atoms with Gasteiger partial charge in [-0.15, -0.1) is 11.3 Å². The van der Waals surface area contributed by atoms with Crippen LogP contribution >= 0.6 is 11.3 Å². The second-order valence-electron chi connectivity index (χ2n) is 5.19. The van der Waals surface area contributed by atoms with Gasteiger partial charge in [-0.2, -0.15) is 0 Å². The van der Waals surface area contributed by atoms with Crippen LogP contribution in [0.4, 0.5) is 0 Å². The fourth-order valence-electron chi connectivity index (χ4n) is 1.93. The van der Waals surface area contributed by atoms with Gasteiger partial charge in [-0.25, -0.2) is 4.98 Å². The number of nitrogens with zero attached hydrogens (tertiary/aromatic N) is 1. The summed E-state index contributed by atoms with van der Waals surface area (Å²) < 4.78 is 5.72. The molecule has 19 heavy (non-hydrogen) atoms. The number of aromatic nitrogens is 1. The Morgan fingerprint density at radius 2 is 2.05 bits per heavy atom. The molecule has 1 aromatic heterocycles. The first-order valence-corrected chi connectivity index (χ1v) is 7.06. The summed E-state index contributed by atoms with van der Waals surface area (Å²) in [6, 6.07) is 7.94. The molecule has 0 unspecified atom stereocenters. The number of ether oxygens (including phenoxy) is 1. The molecule has 1 N–H and O–H groups in total. The van der Waals surface area contributed by atoms with E-state index in [2.05, 4.69) is 4.98 Å². The summed E-state index contributed by atoms with van der Waals surface area (Å²) in [7, 11) is 0. The third kappa shape index (κ3) is 3.55. The van der Waals surface area contributed by atoms with Crippen LogP contribution in [0, 0.1) is 13.8 Å². The fraction of sp³-hybridized carbons (Fsp3) is 0.400. The van der Waals surface area contributed by atoms with Gasteiger partial charge in [0.1, 0.15) is 17.4 Å². The van der Waals surface area contributed by atoms with Crippen LogP contribution in [0.3, 0.4) is 0 Å². The van der Waals surface area contributed by atoms with Gasteiger partial charge in [0, 0.05) is 0 Å². The van der Waals surface area contributed by atoms with Crippen LogP contribution in [0.25, 0.3) is 0 Å². The zero-order valence-electron chi connectivity index (χ0n) is 11.7. The molecule has 0 bridgehead atoms. The van der Waals surface area contributed by atoms with E-state index < -0.39 is 5.60 Å². The highest BCUT2D eigenvalue weighted by molar-refractivity contribution is 7.11. The molecule has 0 aliphatic rings. The standard InChI is InChI=1S/C15H19NO2S/c1-10-6-5-7-12(8-10)18-9-13-16-11(2)14(19-13)15(3,4)17/h5-8,17H,9H2,1-4H3. The van der Waals surface area contributed by atoms with Crippen molar-refractivity contribution in [1.29, 1.82) is 0 Å². The van der Waals surface area contributed by atoms with Crippen LogP contribution in [0.5, 0.6) is 5.75 Å². The maximum atomic E-state index is 10.0. The normalized spacial score (nSPS) is 11.6. The molecule has 0 amide bonds. The molecule has 4 heteroatoms. The van der Waals surface area contributed by atoms with Gasteiger partial charge in [0.2, 0.25) is 0 Å². The highest BCUT2D eigenvalue weighted by Gasteiger charge is 2.22. The van der Waals surface area contributed by atoms with Gasteiger partial charge in [0.05, 0.1) is 16.2 Å². The zero-order valence-corrected chi connectivity index (χ0v) is 12.5. The van der Waals surface area contributed by atoms with Crippen LogP contribution in [-0.4, -0.2) is 10.1 Å². The molecular weight excluding hydrogens is 258 g/mol. The summed E-state index contributed by atoms with van der Waals surface area (Å²) in [5.74, 6) is 0.845. The van der Waals surface area contributed by atoms with Gasteiger partial charge < -0.3 is 9.84 Å². The predicted octanol–water partition coefficient (Wildman–Crippen LogP) is 3.57. The average molecular weight is 277 g/mol. The average Bonchev–Trinajstić information content (AvgIpc) is 2.68. The Labute approximate surface area is 117 Å². The number of benzene rings is 1. The lowest BCUT2D eigenvalue weighted by Crippen LogP contribution is -2.14. The monoisotopic (exact) mass is 277 g/mol. The van der Waals surface area contributed by atoms with Crippen molar-refractivity contribution >= 4 is 11.3 Å². The van der Waals surface area contributed by atoms with E-state index in [1.165, 1.54) is 16.9 Å². The molecule has 0 fully saturated rings. The minimum absolute atomic E-state index is 0.436. The summed E-state index contributed by atoms with van der Waals surface area (Å²) in [6.45, 7) is 7.94. The maximum absolute atomic E-state index is 10.0. The van der Waals surface area contributed by atoms with Crippen molar-refractivity contribution in [2.45, 2.75) is 39.9 Å². The van der Waals surface area contributed by atoms with E-state index in [1.54, 1.807) is 13.8 Å². The highest BCUT2D eigenvalue weighted by Crippen LogP contribution is 2.30. The number of hydrogen-bond acceptors (Lipinski definition) is 4. The van der Waals surface area contributed by atoms with Crippen molar-refractivity contribution in [3.63, 3.8) is 0 Å². The zero-order chi connectivity index (χ0) is 14.0. The molecule has 0 aliphatic carbocycles. The van der Waals surface area contributed by atoms with Crippen LogP contribution in [0.15, 0.2) is 24.3 Å². The highest BCUT2D eigenvalue weighted by atomic mass is 32.1. The molecule has 3 nitrogen and oxygen atoms in total. The number of thiazole rings is 1. The molecule has 1 aromatic carbocycles. The smallest absolute Gasteiger partial charge is 0.140 e. The molecule has 2 aromatic rings. The number of rotatable bonds is 4. The topological polar surface area (TPSA) is 42.4 Å². The first-order valence-electron chi connectivity index (χ1n) is 6.25. The van der Waals surface area contributed by atoms with E-state index in [0.717, 1.165) is 21.3 Å². The Morgan fingerprint density at radius 3 is 2.63 bits per heavy atom. The number of hydrogen-bond donors (Lipinski definition) is 1. The minimum Gasteiger partial charge on any atom is -0.486 e. The Kier molecular flexibility index (Phi) is 3.92. The molecule has 0 spiro atoms. The predicted molar refractivity (Wildman–Crippen MR) is 77.6 cm³/mol. The molecule has 0 saturated carbocycles. The van der Waals surface area contributed by atoms with Gasteiger partial charge in [0.25, 0.3) is 0 Å². The summed E-state index contributed by atoms with van der Waals surface area (Å²) in [5, 5.41) is 10.9. The molecule has 2 rings (SSSR count). The largest absolute Gasteiger partial charge is 0.486 e. The second-order valence-corrected chi connectivity index (χ2v) is 6.27. The lowest BCUT2D eigenvalue weighted by molar-refractivity contribution is 0.0817. The first-order chi connectivity index (χ1) is 8.86. The van der Waals surface area contributed by atoms with Gasteiger partial charge in [0.15, 0.2) is 0 Å². The molecule has 1 heterocycles. The van der Waals surface area contributed by atoms with Gasteiger partial charge in [-0.3, -0.25) is 0 Å². The Bertz CT molecular complexity index is 570. The third-order valence-corrected chi connectivity index (χ3v) is 4.19. The second kappa shape index (κ2) is 5.31. The molecule has 0 saturated heterocycles. The number of aliphatic hydroxyl groups is 1. The van der Waals surface area contributed by atoms with Crippen molar-refractivity contribution < 1.29 is 9.84 Å². The van der Waals surface area contributed by atoms with E-state index >= 15 is 0 Å². The van der Waals surface area contributed by atoms with E-state index in [0.29, 0.717) is 6.61 Å². The molecule has 102 valence electrons. The summed E-state index contributed by atoms with van der Waals surface area (Å²) in [5.41, 5.74) is 1.20. The lowest BCUT2D eigenvalue weighted by atomic mass is 10.1. The summed E-state index contributed by atoms with van der Waals surface area (Å²) in [6.07, 6.45) is 0. The van der Waals surface area contributed by atoms with Crippen molar-refractivity contribution in [2.75, 3.05) is 0 Å². The SMILES string of the molecule is Cc1cccc(OCc2nc(C)c(C(C)(C)O)s2)c1. The van der Waals surface area contributed by atoms with Crippen LogP contribution in [-0.2, 0) is 12.2 Å². The Morgan fingerprint density at radius 1 is 1.32 bits per heavy atom. The maximum Gasteiger partial charge on any atom is 0.140 e. The van der Waals surface area contributed by atoms with Crippen molar-refractivity contribution in [1.82, 2.24) is 4.98 Å². The van der Waals surface area contributed by atoms with Crippen molar-refractivity contribution in [3.8, 4) is 5.75 Å². The number of aryl methyl sites for hydroxylation is 2. The van der Waals surface area contributed by atoms with E-state index in [1.807, 2.05) is 38.1 Å². The van der Waals surface area contributed by atoms with Crippen LogP contribution < -0.4 is 4.74 Å². The first kappa shape index (κ1) is 14.0. The third-order valence-electron chi connectivity index (χ3n) is 2.75. The molecule has 0 radical (unpaired) electrons. The Balaban J connectivity index is 2.09. The van der Waals surface area contributed by atoms with Gasteiger partial charge >= 0.3 is 0 Å². The van der Waals surface area contributed by atoms with E-state index in [9.17, 15) is 5.11 Å². The summed E-state index contributed by atoms with van der Waals surface area (Å²) >= 11 is 1.50. The molecule has 0 aliphatic heterocycles. The molecule has 0 atom stereocenters. The van der Waals surface area contributed by atoms with Crippen LogP contribution in [0.1, 0.15) is 35.0 Å². The van der Waals surface area contributed by atoms with E-state index in [-0.39, 0.29) is 0 Å². The fourth-order valence-corrected chi connectivity index (χ4v) is 2.91. The van der Waals surface area contributed by atoms with Crippen molar-refractivity contribution in [2.24, 2.45) is 0 Å². The van der Waals surface area contributed by atoms with Crippen molar-refractivity contribution in [3.05, 3.63) is 45.4 Å². The minimum atomic E-state index is -0.844. The quantitative estimate of drug-likeness (QED) is 0.929.